The minimum absolute atomic E-state index is 0.617. The topological polar surface area (TPSA) is 92.6 Å². The third-order valence-electron chi connectivity index (χ3n) is 23.5. The maximum Gasteiger partial charge on any atom is 0.235 e. The molecule has 0 aliphatic carbocycles. The largest absolute Gasteiger partial charge is 0.455 e. The lowest BCUT2D eigenvalue weighted by Crippen LogP contribution is -2.03. The Hall–Kier alpha value is -15.6. The van der Waals surface area contributed by atoms with Crippen LogP contribution < -0.4 is 0 Å². The maximum atomic E-state index is 7.11. The van der Waals surface area contributed by atoms with Crippen molar-refractivity contribution < 1.29 is 8.83 Å². The molecule has 0 saturated carbocycles. The van der Waals surface area contributed by atoms with Crippen LogP contribution in [0.2, 0.25) is 0 Å². The van der Waals surface area contributed by atoms with Crippen LogP contribution in [0.25, 0.3) is 237 Å². The summed E-state index contributed by atoms with van der Waals surface area (Å²) in [6.07, 6.45) is 0. The number of hydrogen-bond acceptors (Lipinski definition) is 6. The van der Waals surface area contributed by atoms with E-state index in [0.29, 0.717) is 11.9 Å². The van der Waals surface area contributed by atoms with Gasteiger partial charge in [-0.1, -0.05) is 279 Å². The fourth-order valence-corrected chi connectivity index (χ4v) is 18.3. The average molecular weight is 1470 g/mol. The summed E-state index contributed by atoms with van der Waals surface area (Å²) in [5.74, 6) is 1.24. The summed E-state index contributed by atoms with van der Waals surface area (Å²) in [5, 5.41) is 20.2. The SMILES string of the molecule is c1ccc(-c2ccc3c(c2)c2ccccc2n3-c2ccc3c(c2)oc2c3ccc3c2c2c4ccccc4ccc2n3-c2nc(-c3ccccc3)c3ccccc3n2)cc1.c1ccc(-c2nc(-n3c4cc(-c5ccccc5)c5ccccc5c4c4c5oc6cc(-c7ccc8ccccc8c7)ccc6c5ccc43)nc3ccccc23)cc1. The molecule has 0 N–H and O–H groups in total. The van der Waals surface area contributed by atoms with Crippen molar-refractivity contribution in [1.82, 2.24) is 33.6 Å². The maximum absolute atomic E-state index is 7.11. The Morgan fingerprint density at radius 3 is 1.28 bits per heavy atom. The van der Waals surface area contributed by atoms with E-state index in [0.717, 1.165) is 182 Å². The minimum atomic E-state index is 0.617. The van der Waals surface area contributed by atoms with Crippen LogP contribution in [-0.4, -0.2) is 33.6 Å². The summed E-state index contributed by atoms with van der Waals surface area (Å²) in [4.78, 5) is 21.3. The van der Waals surface area contributed by atoms with E-state index in [-0.39, 0.29) is 0 Å². The Morgan fingerprint density at radius 2 is 0.626 bits per heavy atom. The minimum Gasteiger partial charge on any atom is -0.455 e. The first-order valence-electron chi connectivity index (χ1n) is 39.0. The summed E-state index contributed by atoms with van der Waals surface area (Å²) in [5.41, 5.74) is 23.5. The predicted molar refractivity (Wildman–Crippen MR) is 476 cm³/mol. The number of hydrogen-bond donors (Lipinski definition) is 0. The van der Waals surface area contributed by atoms with Crippen molar-refractivity contribution in [2.45, 2.75) is 0 Å². The number of rotatable bonds is 8. The van der Waals surface area contributed by atoms with E-state index < -0.39 is 0 Å². The monoisotopic (exact) mass is 1470 g/mol. The van der Waals surface area contributed by atoms with Crippen molar-refractivity contribution in [3.8, 4) is 73.5 Å². The molecule has 7 aromatic heterocycles. The number of nitrogens with zero attached hydrogens (tertiary/aromatic N) is 7. The Morgan fingerprint density at radius 1 is 0.200 bits per heavy atom. The summed E-state index contributed by atoms with van der Waals surface area (Å²) < 4.78 is 21.0. The van der Waals surface area contributed by atoms with Crippen LogP contribution in [0, 0.1) is 0 Å². The zero-order valence-electron chi connectivity index (χ0n) is 61.8. The van der Waals surface area contributed by atoms with Crippen LogP contribution in [-0.2, 0) is 0 Å². The van der Waals surface area contributed by atoms with E-state index in [1.807, 2.05) is 24.3 Å². The molecule has 18 aromatic carbocycles. The highest BCUT2D eigenvalue weighted by Gasteiger charge is 2.28. The van der Waals surface area contributed by atoms with Gasteiger partial charge in [-0.2, -0.15) is 0 Å². The van der Waals surface area contributed by atoms with E-state index in [9.17, 15) is 0 Å². The molecule has 0 unspecified atom stereocenters. The van der Waals surface area contributed by atoms with Gasteiger partial charge in [-0.3, -0.25) is 9.13 Å². The molecule has 534 valence electrons. The molecule has 0 saturated heterocycles. The Bertz CT molecular complexity index is 8340. The molecule has 0 bridgehead atoms. The van der Waals surface area contributed by atoms with E-state index >= 15 is 0 Å². The number of para-hydroxylation sites is 3. The predicted octanol–water partition coefficient (Wildman–Crippen LogP) is 28.1. The molecule has 9 nitrogen and oxygen atoms in total. The quantitative estimate of drug-likeness (QED) is 0.150. The molecule has 0 atom stereocenters. The zero-order valence-corrected chi connectivity index (χ0v) is 61.8. The number of aromatic nitrogens is 7. The van der Waals surface area contributed by atoms with Crippen molar-refractivity contribution in [3.63, 3.8) is 0 Å². The van der Waals surface area contributed by atoms with Crippen molar-refractivity contribution in [1.29, 1.82) is 0 Å². The highest BCUT2D eigenvalue weighted by molar-refractivity contribution is 6.32. The van der Waals surface area contributed by atoms with Crippen molar-refractivity contribution in [2.24, 2.45) is 0 Å². The van der Waals surface area contributed by atoms with Crippen LogP contribution >= 0.6 is 0 Å². The Kier molecular flexibility index (Phi) is 14.2. The summed E-state index contributed by atoms with van der Waals surface area (Å²) in [7, 11) is 0. The molecule has 0 amide bonds. The second-order valence-electron chi connectivity index (χ2n) is 29.9. The molecule has 7 heterocycles. The zero-order chi connectivity index (χ0) is 75.3. The van der Waals surface area contributed by atoms with Crippen LogP contribution in [0.3, 0.4) is 0 Å². The first-order valence-corrected chi connectivity index (χ1v) is 39.0. The van der Waals surface area contributed by atoms with Crippen LogP contribution in [0.5, 0.6) is 0 Å². The lowest BCUT2D eigenvalue weighted by molar-refractivity contribution is 0.672. The van der Waals surface area contributed by atoms with E-state index in [4.69, 9.17) is 28.8 Å². The third-order valence-corrected chi connectivity index (χ3v) is 23.5. The Balaban J connectivity index is 0.000000133. The molecule has 0 aliphatic heterocycles. The van der Waals surface area contributed by atoms with Gasteiger partial charge < -0.3 is 13.4 Å². The molecule has 0 aliphatic rings. The average Bonchev–Trinajstić information content (AvgIpc) is 1.55. The van der Waals surface area contributed by atoms with Gasteiger partial charge in [0, 0.05) is 76.7 Å². The number of fused-ring (bicyclic) bond motifs is 24. The molecular weight excluding hydrogens is 1400 g/mol. The molecule has 25 aromatic rings. The third kappa shape index (κ3) is 10.1. The van der Waals surface area contributed by atoms with Crippen molar-refractivity contribution in [3.05, 3.63) is 382 Å². The Labute approximate surface area is 657 Å². The van der Waals surface area contributed by atoms with Crippen LogP contribution in [0.1, 0.15) is 0 Å². The van der Waals surface area contributed by atoms with Crippen LogP contribution in [0.4, 0.5) is 0 Å². The van der Waals surface area contributed by atoms with Gasteiger partial charge in [-0.15, -0.1) is 0 Å². The van der Waals surface area contributed by atoms with Gasteiger partial charge in [0.15, 0.2) is 0 Å². The standard InChI is InChI=1S/C54H32N4O.C52H31N3O/c1-3-13-33(14-4-1)36-24-28-46-43(31-36)39-19-10-12-22-45(39)57(46)37-25-26-40-41-27-30-48-51(53(41)59-49(40)32-37)50-38-18-8-7-15-34(38)23-29-47(50)58(48)54-55-44-21-11-9-20-42(44)52(56-54)35-16-5-2-6-17-35;1-3-14-33(15-4-1)43-31-46-48(40-20-10-9-19-38(40)43)49-45(55(46)52-53-44-22-12-11-21-42(44)50(54-52)34-16-5-2-6-17-34)28-27-41-39-26-25-37(30-47(39)56-51(41)49)36-24-23-32-13-7-8-18-35(32)29-36/h1-32H;1-31H. The van der Waals surface area contributed by atoms with E-state index in [2.05, 4.69) is 372 Å². The smallest absolute Gasteiger partial charge is 0.235 e. The van der Waals surface area contributed by atoms with Crippen molar-refractivity contribution in [2.75, 3.05) is 0 Å². The van der Waals surface area contributed by atoms with Gasteiger partial charge in [0.05, 0.1) is 66.3 Å². The normalized spacial score (nSPS) is 12.0. The van der Waals surface area contributed by atoms with Gasteiger partial charge >= 0.3 is 0 Å². The fourth-order valence-electron chi connectivity index (χ4n) is 18.3. The highest BCUT2D eigenvalue weighted by atomic mass is 16.3. The lowest BCUT2D eigenvalue weighted by atomic mass is 9.94. The molecule has 9 heteroatoms. The first-order chi connectivity index (χ1) is 57.0. The molecule has 0 spiro atoms. The van der Waals surface area contributed by atoms with Gasteiger partial charge in [0.25, 0.3) is 0 Å². The second kappa shape index (κ2) is 25.5. The molecule has 0 radical (unpaired) electrons. The van der Waals surface area contributed by atoms with Gasteiger partial charge in [-0.05, 0) is 163 Å². The molecule has 115 heavy (non-hydrogen) atoms. The highest BCUT2D eigenvalue weighted by Crippen LogP contribution is 2.49. The number of furan rings is 2. The van der Waals surface area contributed by atoms with Crippen LogP contribution in [0.15, 0.2) is 391 Å². The fraction of sp³-hybridized carbons (Fsp3) is 0. The second-order valence-corrected chi connectivity index (χ2v) is 29.9. The molecule has 25 rings (SSSR count). The van der Waals surface area contributed by atoms with Gasteiger partial charge in [0.1, 0.15) is 22.3 Å². The van der Waals surface area contributed by atoms with Gasteiger partial charge in [-0.25, -0.2) is 19.9 Å². The summed E-state index contributed by atoms with van der Waals surface area (Å²) >= 11 is 0. The summed E-state index contributed by atoms with van der Waals surface area (Å²) in [6.45, 7) is 0. The number of benzene rings is 18. The molecular formula is C106H63N7O2. The van der Waals surface area contributed by atoms with E-state index in [1.165, 1.54) is 43.4 Å². The summed E-state index contributed by atoms with van der Waals surface area (Å²) in [6, 6.07) is 135. The molecule has 0 fully saturated rings. The van der Waals surface area contributed by atoms with Gasteiger partial charge in [0.2, 0.25) is 11.9 Å². The first kappa shape index (κ1) is 64.3. The lowest BCUT2D eigenvalue weighted by Gasteiger charge is -2.13. The van der Waals surface area contributed by atoms with E-state index in [1.54, 1.807) is 0 Å². The van der Waals surface area contributed by atoms with Crippen molar-refractivity contribution >= 4 is 163 Å².